The summed E-state index contributed by atoms with van der Waals surface area (Å²) in [5.41, 5.74) is 7.16. The van der Waals surface area contributed by atoms with E-state index in [4.69, 9.17) is 9.47 Å². The average molecular weight is 723 g/mol. The number of amides is 1. The number of ether oxygens (including phenoxy) is 2. The van der Waals surface area contributed by atoms with Gasteiger partial charge in [-0.3, -0.25) is 9.48 Å². The molecule has 5 aromatic rings. The molecule has 0 aliphatic heterocycles. The van der Waals surface area contributed by atoms with Gasteiger partial charge in [0.1, 0.15) is 12.4 Å². The van der Waals surface area contributed by atoms with Gasteiger partial charge in [0.05, 0.1) is 31.0 Å². The number of rotatable bonds is 19. The third-order valence-electron chi connectivity index (χ3n) is 8.59. The highest BCUT2D eigenvalue weighted by Crippen LogP contribution is 2.31. The molecule has 10 nitrogen and oxygen atoms in total. The molecule has 1 N–H and O–H groups in total. The molecule has 2 heterocycles. The summed E-state index contributed by atoms with van der Waals surface area (Å²) in [5, 5.41) is 7.33. The molecule has 3 aromatic carbocycles. The van der Waals surface area contributed by atoms with E-state index in [0.717, 1.165) is 71.8 Å². The van der Waals surface area contributed by atoms with E-state index in [1.165, 1.54) is 0 Å². The third kappa shape index (κ3) is 10.8. The van der Waals surface area contributed by atoms with Gasteiger partial charge >= 0.3 is 0 Å². The summed E-state index contributed by atoms with van der Waals surface area (Å²) in [6.07, 6.45) is 12.5. The van der Waals surface area contributed by atoms with Gasteiger partial charge in [0.15, 0.2) is 10.6 Å². The lowest BCUT2D eigenvalue weighted by Gasteiger charge is -2.22. The highest BCUT2D eigenvalue weighted by molar-refractivity contribution is 7.90. The molecular weight excluding hydrogens is 673 g/mol. The molecule has 0 saturated carbocycles. The first-order valence-corrected chi connectivity index (χ1v) is 19.2. The number of hydrogen-bond donors (Lipinski definition) is 1. The number of nitrogens with zero attached hydrogens (tertiary/aromatic N) is 5. The summed E-state index contributed by atoms with van der Waals surface area (Å²) in [4.78, 5) is 20.6. The Kier molecular flexibility index (Phi) is 14.1. The quantitative estimate of drug-likeness (QED) is 0.0525. The van der Waals surface area contributed by atoms with Crippen LogP contribution in [0, 0.1) is 0 Å². The molecule has 2 aromatic heterocycles. The number of benzene rings is 3. The fourth-order valence-corrected chi connectivity index (χ4v) is 6.88. The first-order chi connectivity index (χ1) is 25.2. The maximum Gasteiger partial charge on any atom is 0.251 e. The normalized spacial score (nSPS) is 12.2. The Morgan fingerprint density at radius 2 is 1.75 bits per heavy atom. The largest absolute Gasteiger partial charge is 0.611 e. The monoisotopic (exact) mass is 722 g/mol. The van der Waals surface area contributed by atoms with Crippen molar-refractivity contribution in [3.05, 3.63) is 114 Å². The zero-order chi connectivity index (χ0) is 36.9. The third-order valence-corrected chi connectivity index (χ3v) is 9.95. The topological polar surface area (TPSA) is 110 Å². The Morgan fingerprint density at radius 3 is 2.46 bits per heavy atom. The minimum Gasteiger partial charge on any atom is -0.611 e. The number of aromatic nitrogens is 4. The minimum absolute atomic E-state index is 0.219. The number of aryl methyl sites for hydroxylation is 2. The molecule has 1 unspecified atom stereocenters. The summed E-state index contributed by atoms with van der Waals surface area (Å²) >= 11 is -1.23. The molecule has 0 fully saturated rings. The van der Waals surface area contributed by atoms with Gasteiger partial charge in [-0.1, -0.05) is 38.5 Å². The van der Waals surface area contributed by atoms with E-state index in [-0.39, 0.29) is 5.91 Å². The number of imidazole rings is 1. The zero-order valence-electron chi connectivity index (χ0n) is 30.9. The van der Waals surface area contributed by atoms with Crippen molar-refractivity contribution in [2.75, 3.05) is 37.1 Å². The van der Waals surface area contributed by atoms with Crippen molar-refractivity contribution in [1.82, 2.24) is 19.3 Å². The molecule has 11 heteroatoms. The second-order valence-electron chi connectivity index (χ2n) is 12.9. The number of anilines is 2. The Hall–Kier alpha value is -4.84. The van der Waals surface area contributed by atoms with Gasteiger partial charge in [-0.25, -0.2) is 4.98 Å². The van der Waals surface area contributed by atoms with Crippen molar-refractivity contribution >= 4 is 34.5 Å². The second-order valence-corrected chi connectivity index (χ2v) is 14.3. The van der Waals surface area contributed by atoms with Crippen molar-refractivity contribution in [1.29, 1.82) is 0 Å². The standard InChI is InChI=1S/C41H50N6O4S/c1-6-8-20-50-21-22-51-38-14-9-33(10-15-38)34-11-18-40(45(4)27-32-25-43-46(5)28-32)35(24-34)23-31(3)41(48)44-36-12-16-39(17-13-36)52(49)29-37-26-42-30-47(37)19-7-2/h9-18,23-26,28,30H,6-8,19-22,27,29H2,1-5H3,(H,44,48)/b31-23+. The summed E-state index contributed by atoms with van der Waals surface area (Å²) in [7, 11) is 3.94. The van der Waals surface area contributed by atoms with Gasteiger partial charge < -0.3 is 28.8 Å². The second kappa shape index (κ2) is 19.1. The maximum atomic E-state index is 13.5. The predicted molar refractivity (Wildman–Crippen MR) is 210 cm³/mol. The fourth-order valence-electron chi connectivity index (χ4n) is 5.77. The van der Waals surface area contributed by atoms with Crippen LogP contribution in [0.5, 0.6) is 5.75 Å². The highest BCUT2D eigenvalue weighted by atomic mass is 32.2. The van der Waals surface area contributed by atoms with Crippen LogP contribution in [0.1, 0.15) is 56.9 Å². The summed E-state index contributed by atoms with van der Waals surface area (Å²) < 4.78 is 28.4. The Bertz CT molecular complexity index is 1900. The molecule has 274 valence electrons. The highest BCUT2D eigenvalue weighted by Gasteiger charge is 2.16. The summed E-state index contributed by atoms with van der Waals surface area (Å²) in [6.45, 7) is 9.39. The van der Waals surface area contributed by atoms with Crippen molar-refractivity contribution in [3.63, 3.8) is 0 Å². The number of unbranched alkanes of at least 4 members (excludes halogenated alkanes) is 1. The first-order valence-electron chi connectivity index (χ1n) is 17.8. The minimum atomic E-state index is -1.23. The SMILES string of the molecule is CCCCOCCOc1ccc(-c2ccc(N(C)Cc3cnn(C)c3)c(/C=C(\C)C(=O)Nc3ccc([S+]([O-])Cc4cncn4CCC)cc3)c2)cc1. The van der Waals surface area contributed by atoms with Crippen molar-refractivity contribution < 1.29 is 18.8 Å². The van der Waals surface area contributed by atoms with Crippen molar-refractivity contribution in [3.8, 4) is 16.9 Å². The van der Waals surface area contributed by atoms with Gasteiger partial charge in [-0.05, 0) is 102 Å². The van der Waals surface area contributed by atoms with E-state index in [9.17, 15) is 9.35 Å². The molecule has 5 rings (SSSR count). The fraction of sp³-hybridized carbons (Fsp3) is 0.341. The number of hydrogen-bond acceptors (Lipinski definition) is 7. The van der Waals surface area contributed by atoms with E-state index < -0.39 is 11.2 Å². The van der Waals surface area contributed by atoms with Crippen LogP contribution in [-0.2, 0) is 46.6 Å². The van der Waals surface area contributed by atoms with Gasteiger partial charge in [0, 0.05) is 62.5 Å². The maximum absolute atomic E-state index is 13.5. The van der Waals surface area contributed by atoms with Crippen LogP contribution in [0.2, 0.25) is 0 Å². The summed E-state index contributed by atoms with van der Waals surface area (Å²) in [6, 6.07) is 21.5. The zero-order valence-corrected chi connectivity index (χ0v) is 31.7. The molecule has 0 radical (unpaired) electrons. The van der Waals surface area contributed by atoms with Gasteiger partial charge in [-0.15, -0.1) is 0 Å². The van der Waals surface area contributed by atoms with Crippen LogP contribution in [0.3, 0.4) is 0 Å². The van der Waals surface area contributed by atoms with Crippen LogP contribution in [0.25, 0.3) is 17.2 Å². The van der Waals surface area contributed by atoms with Crippen LogP contribution >= 0.6 is 0 Å². The number of nitrogens with one attached hydrogen (secondary N) is 1. The molecule has 1 atom stereocenters. The molecule has 52 heavy (non-hydrogen) atoms. The van der Waals surface area contributed by atoms with Crippen LogP contribution in [0.15, 0.2) is 102 Å². The Labute approximate surface area is 310 Å². The molecule has 1 amide bonds. The van der Waals surface area contributed by atoms with E-state index in [1.54, 1.807) is 41.5 Å². The average Bonchev–Trinajstić information content (AvgIpc) is 3.77. The first kappa shape index (κ1) is 38.4. The number of carbonyl (C=O) groups excluding carboxylic acids is 1. The molecule has 0 aliphatic rings. The van der Waals surface area contributed by atoms with E-state index in [0.29, 0.717) is 41.7 Å². The van der Waals surface area contributed by atoms with Crippen molar-refractivity contribution in [2.24, 2.45) is 7.05 Å². The molecule has 0 aliphatic carbocycles. The van der Waals surface area contributed by atoms with Crippen LogP contribution in [0.4, 0.5) is 11.4 Å². The van der Waals surface area contributed by atoms with Crippen LogP contribution in [-0.4, -0.2) is 56.7 Å². The van der Waals surface area contributed by atoms with Gasteiger partial charge in [-0.2, -0.15) is 5.10 Å². The Morgan fingerprint density at radius 1 is 0.981 bits per heavy atom. The Balaban J connectivity index is 1.30. The smallest absolute Gasteiger partial charge is 0.251 e. The lowest BCUT2D eigenvalue weighted by atomic mass is 9.99. The van der Waals surface area contributed by atoms with Gasteiger partial charge in [0.2, 0.25) is 0 Å². The van der Waals surface area contributed by atoms with E-state index in [1.807, 2.05) is 68.3 Å². The molecular formula is C41H50N6O4S. The predicted octanol–water partition coefficient (Wildman–Crippen LogP) is 7.88. The number of carbonyl (C=O) groups is 1. The summed E-state index contributed by atoms with van der Waals surface area (Å²) in [5.74, 6) is 0.960. The van der Waals surface area contributed by atoms with Crippen molar-refractivity contribution in [2.45, 2.75) is 63.8 Å². The van der Waals surface area contributed by atoms with Gasteiger partial charge in [0.25, 0.3) is 5.91 Å². The lowest BCUT2D eigenvalue weighted by Crippen LogP contribution is -2.17. The van der Waals surface area contributed by atoms with E-state index in [2.05, 4.69) is 52.3 Å². The molecule has 0 bridgehead atoms. The molecule has 0 saturated heterocycles. The molecule has 0 spiro atoms. The van der Waals surface area contributed by atoms with Crippen LogP contribution < -0.4 is 15.0 Å². The lowest BCUT2D eigenvalue weighted by molar-refractivity contribution is -0.112. The van der Waals surface area contributed by atoms with E-state index >= 15 is 0 Å².